The highest BCUT2D eigenvalue weighted by atomic mass is 79.9. The molecule has 0 bridgehead atoms. The van der Waals surface area contributed by atoms with Gasteiger partial charge in [-0.3, -0.25) is 5.10 Å². The van der Waals surface area contributed by atoms with Gasteiger partial charge >= 0.3 is 0 Å². The second-order valence-electron chi connectivity index (χ2n) is 2.84. The van der Waals surface area contributed by atoms with Crippen LogP contribution >= 0.6 is 15.9 Å². The molecule has 74 valence electrons. The van der Waals surface area contributed by atoms with Crippen molar-refractivity contribution in [2.45, 2.75) is 0 Å². The number of aromatic amines is 1. The van der Waals surface area contributed by atoms with Crippen LogP contribution in [0.25, 0.3) is 21.7 Å². The third-order valence-electron chi connectivity index (χ3n) is 1.84. The van der Waals surface area contributed by atoms with Gasteiger partial charge in [0.25, 0.3) is 0 Å². The van der Waals surface area contributed by atoms with Gasteiger partial charge in [-0.05, 0) is 28.8 Å². The molecule has 2 aromatic rings. The Morgan fingerprint density at radius 3 is 3.00 bits per heavy atom. The minimum absolute atomic E-state index is 0.410. The lowest BCUT2D eigenvalue weighted by molar-refractivity contribution is 1.08. The van der Waals surface area contributed by atoms with Crippen molar-refractivity contribution in [3.05, 3.63) is 45.2 Å². The van der Waals surface area contributed by atoms with Gasteiger partial charge in [-0.1, -0.05) is 28.1 Å². The number of halogens is 1. The van der Waals surface area contributed by atoms with Crippen LogP contribution in [0.2, 0.25) is 0 Å². The Kier molecular flexibility index (Phi) is 2.71. The molecule has 2 rings (SSSR count). The van der Waals surface area contributed by atoms with Crippen molar-refractivity contribution in [2.75, 3.05) is 0 Å². The Bertz CT molecular complexity index is 527. The van der Waals surface area contributed by atoms with Crippen molar-refractivity contribution < 1.29 is 0 Å². The number of nitrogens with one attached hydrogen (secondary N) is 1. The van der Waals surface area contributed by atoms with Gasteiger partial charge < -0.3 is 0 Å². The first-order valence-electron chi connectivity index (χ1n) is 4.16. The fourth-order valence-electron chi connectivity index (χ4n) is 1.21. The van der Waals surface area contributed by atoms with Crippen molar-refractivity contribution in [1.82, 2.24) is 10.2 Å². The molecule has 0 saturated carbocycles. The van der Waals surface area contributed by atoms with E-state index in [4.69, 9.17) is 5.53 Å². The van der Waals surface area contributed by atoms with Crippen molar-refractivity contribution in [3.63, 3.8) is 0 Å². The van der Waals surface area contributed by atoms with E-state index in [9.17, 15) is 0 Å². The highest BCUT2D eigenvalue weighted by molar-refractivity contribution is 9.10. The number of aromatic nitrogens is 2. The van der Waals surface area contributed by atoms with Crippen LogP contribution in [-0.2, 0) is 0 Å². The zero-order valence-corrected chi connectivity index (χ0v) is 9.14. The Morgan fingerprint density at radius 1 is 1.40 bits per heavy atom. The average molecular weight is 264 g/mol. The Balaban J connectivity index is 2.41. The number of benzene rings is 1. The summed E-state index contributed by atoms with van der Waals surface area (Å²) < 4.78 is 0.980. The van der Waals surface area contributed by atoms with Crippen LogP contribution in [0, 0.1) is 0 Å². The van der Waals surface area contributed by atoms with E-state index in [0.29, 0.717) is 5.82 Å². The first kappa shape index (κ1) is 9.76. The monoisotopic (exact) mass is 263 g/mol. The van der Waals surface area contributed by atoms with Crippen LogP contribution in [-0.4, -0.2) is 10.2 Å². The maximum atomic E-state index is 8.25. The second-order valence-corrected chi connectivity index (χ2v) is 3.75. The van der Waals surface area contributed by atoms with Crippen LogP contribution < -0.4 is 0 Å². The maximum absolute atomic E-state index is 8.25. The lowest BCUT2D eigenvalue weighted by Crippen LogP contribution is -1.76. The third kappa shape index (κ3) is 2.18. The van der Waals surface area contributed by atoms with E-state index >= 15 is 0 Å². The molecule has 1 aromatic carbocycles. The van der Waals surface area contributed by atoms with E-state index in [2.05, 4.69) is 36.2 Å². The average Bonchev–Trinajstić information content (AvgIpc) is 2.67. The summed E-state index contributed by atoms with van der Waals surface area (Å²) >= 11 is 3.38. The van der Waals surface area contributed by atoms with Gasteiger partial charge in [0, 0.05) is 14.9 Å². The minimum Gasteiger partial charge on any atom is -0.275 e. The van der Waals surface area contributed by atoms with Crippen LogP contribution in [0.15, 0.2) is 39.9 Å². The SMILES string of the molecule is [N-]=[N+]=Nc1cc(-c2cccc(Br)c2)n[nH]1. The first-order chi connectivity index (χ1) is 7.29. The number of hydrogen-bond acceptors (Lipinski definition) is 2. The number of H-pyrrole nitrogens is 1. The van der Waals surface area contributed by atoms with Crippen LogP contribution in [0.5, 0.6) is 0 Å². The Labute approximate surface area is 93.9 Å². The molecule has 0 spiro atoms. The van der Waals surface area contributed by atoms with E-state index in [1.54, 1.807) is 6.07 Å². The van der Waals surface area contributed by atoms with Crippen molar-refractivity contribution in [2.24, 2.45) is 5.11 Å². The van der Waals surface area contributed by atoms with E-state index in [1.807, 2.05) is 24.3 Å². The predicted octanol–water partition coefficient (Wildman–Crippen LogP) is 3.78. The summed E-state index contributed by atoms with van der Waals surface area (Å²) in [6.45, 7) is 0. The van der Waals surface area contributed by atoms with Crippen molar-refractivity contribution >= 4 is 21.7 Å². The van der Waals surface area contributed by atoms with E-state index in [-0.39, 0.29) is 0 Å². The van der Waals surface area contributed by atoms with Gasteiger partial charge in [-0.25, -0.2) is 0 Å². The van der Waals surface area contributed by atoms with Gasteiger partial charge in [-0.15, -0.1) is 0 Å². The van der Waals surface area contributed by atoms with Gasteiger partial charge in [0.05, 0.1) is 5.69 Å². The summed E-state index contributed by atoms with van der Waals surface area (Å²) in [6, 6.07) is 9.42. The fraction of sp³-hybridized carbons (Fsp3) is 0. The highest BCUT2D eigenvalue weighted by Crippen LogP contribution is 2.23. The summed E-state index contributed by atoms with van der Waals surface area (Å²) in [7, 11) is 0. The lowest BCUT2D eigenvalue weighted by atomic mass is 10.2. The van der Waals surface area contributed by atoms with Crippen LogP contribution in [0.4, 0.5) is 5.82 Å². The molecule has 0 fully saturated rings. The molecule has 0 aliphatic carbocycles. The predicted molar refractivity (Wildman–Crippen MR) is 60.5 cm³/mol. The van der Waals surface area contributed by atoms with E-state index in [0.717, 1.165) is 15.7 Å². The topological polar surface area (TPSA) is 77.4 Å². The number of nitrogens with zero attached hydrogens (tertiary/aromatic N) is 4. The largest absolute Gasteiger partial charge is 0.275 e. The third-order valence-corrected chi connectivity index (χ3v) is 2.33. The molecule has 0 amide bonds. The molecule has 0 radical (unpaired) electrons. The molecule has 15 heavy (non-hydrogen) atoms. The molecular formula is C9H6BrN5. The highest BCUT2D eigenvalue weighted by Gasteiger charge is 2.02. The molecule has 1 aromatic heterocycles. The van der Waals surface area contributed by atoms with Crippen molar-refractivity contribution in [3.8, 4) is 11.3 Å². The maximum Gasteiger partial charge on any atom is 0.122 e. The van der Waals surface area contributed by atoms with E-state index < -0.39 is 0 Å². The fourth-order valence-corrected chi connectivity index (χ4v) is 1.61. The zero-order chi connectivity index (χ0) is 10.7. The van der Waals surface area contributed by atoms with E-state index in [1.165, 1.54) is 0 Å². The normalized spacial score (nSPS) is 9.67. The number of hydrogen-bond donors (Lipinski definition) is 1. The minimum atomic E-state index is 0.410. The first-order valence-corrected chi connectivity index (χ1v) is 4.95. The van der Waals surface area contributed by atoms with Gasteiger partial charge in [0.15, 0.2) is 0 Å². The lowest BCUT2D eigenvalue weighted by Gasteiger charge is -1.95. The Hall–Kier alpha value is -1.78. The molecular weight excluding hydrogens is 258 g/mol. The standard InChI is InChI=1S/C9H6BrN5/c10-7-3-1-2-6(4-7)8-5-9(13-12-8)14-15-11/h1-5H,(H,12,13). The molecule has 0 atom stereocenters. The van der Waals surface area contributed by atoms with Crippen LogP contribution in [0.3, 0.4) is 0 Å². The molecule has 6 heteroatoms. The Morgan fingerprint density at radius 2 is 2.27 bits per heavy atom. The molecule has 0 aliphatic rings. The molecule has 1 N–H and O–H groups in total. The summed E-state index contributed by atoms with van der Waals surface area (Å²) in [6.07, 6.45) is 0. The quantitative estimate of drug-likeness (QED) is 0.500. The second kappa shape index (κ2) is 4.16. The number of rotatable bonds is 2. The van der Waals surface area contributed by atoms with Gasteiger partial charge in [-0.2, -0.15) is 5.10 Å². The summed E-state index contributed by atoms with van der Waals surface area (Å²) in [5.41, 5.74) is 9.95. The zero-order valence-electron chi connectivity index (χ0n) is 7.55. The summed E-state index contributed by atoms with van der Waals surface area (Å²) in [4.78, 5) is 2.67. The van der Waals surface area contributed by atoms with Gasteiger partial charge in [0.2, 0.25) is 0 Å². The molecule has 1 heterocycles. The number of azide groups is 1. The molecule has 0 unspecified atom stereocenters. The smallest absolute Gasteiger partial charge is 0.122 e. The molecule has 0 aliphatic heterocycles. The van der Waals surface area contributed by atoms with Gasteiger partial charge in [0.1, 0.15) is 5.82 Å². The van der Waals surface area contributed by atoms with Crippen molar-refractivity contribution in [1.29, 1.82) is 0 Å². The summed E-state index contributed by atoms with van der Waals surface area (Å²) in [5, 5.41) is 10.1. The molecule has 0 saturated heterocycles. The summed E-state index contributed by atoms with van der Waals surface area (Å²) in [5.74, 6) is 0.410. The molecule has 5 nitrogen and oxygen atoms in total. The van der Waals surface area contributed by atoms with Crippen LogP contribution in [0.1, 0.15) is 0 Å².